The van der Waals surface area contributed by atoms with Crippen LogP contribution in [0.1, 0.15) is 42.6 Å². The van der Waals surface area contributed by atoms with Crippen molar-refractivity contribution in [2.24, 2.45) is 0 Å². The van der Waals surface area contributed by atoms with Crippen LogP contribution in [0.5, 0.6) is 0 Å². The van der Waals surface area contributed by atoms with E-state index in [0.29, 0.717) is 25.1 Å². The van der Waals surface area contributed by atoms with Crippen LogP contribution in [0.4, 0.5) is 5.69 Å². The second-order valence-corrected chi connectivity index (χ2v) is 9.26. The quantitative estimate of drug-likeness (QED) is 0.552. The molecule has 0 aliphatic carbocycles. The Morgan fingerprint density at radius 3 is 2.42 bits per heavy atom. The van der Waals surface area contributed by atoms with Gasteiger partial charge in [0, 0.05) is 20.3 Å². The molecule has 0 saturated carbocycles. The monoisotopic (exact) mass is 383 g/mol. The number of carbonyl (C=O) groups is 2. The molecule has 1 aromatic rings. The maximum absolute atomic E-state index is 13.0. The van der Waals surface area contributed by atoms with E-state index in [2.05, 4.69) is 0 Å². The summed E-state index contributed by atoms with van der Waals surface area (Å²) in [4.78, 5) is 26.5. The fourth-order valence-corrected chi connectivity index (χ4v) is 4.65. The maximum atomic E-state index is 13.0. The van der Waals surface area contributed by atoms with E-state index in [1.807, 2.05) is 0 Å². The Bertz CT molecular complexity index is 828. The third kappa shape index (κ3) is 3.23. The lowest BCUT2D eigenvalue weighted by Crippen LogP contribution is -2.54. The molecular weight excluding hydrogens is 358 g/mol. The molecule has 0 bridgehead atoms. The van der Waals surface area contributed by atoms with Crippen LogP contribution in [0.15, 0.2) is 17.0 Å². The smallest absolute Gasteiger partial charge is 0.338 e. The van der Waals surface area contributed by atoms with Gasteiger partial charge in [-0.3, -0.25) is 4.79 Å². The number of methoxy groups -OCH3 is 2. The number of fused-ring (bicyclic) bond motifs is 1. The van der Waals surface area contributed by atoms with E-state index in [0.717, 1.165) is 6.42 Å². The Morgan fingerprint density at radius 1 is 1.19 bits per heavy atom. The van der Waals surface area contributed by atoms with Gasteiger partial charge in [0.2, 0.25) is 5.91 Å². The summed E-state index contributed by atoms with van der Waals surface area (Å²) in [6, 6.07) is 2.89. The average Bonchev–Trinajstić information content (AvgIpc) is 2.59. The van der Waals surface area contributed by atoms with Crippen LogP contribution in [0.25, 0.3) is 0 Å². The van der Waals surface area contributed by atoms with Crippen molar-refractivity contribution < 1.29 is 27.5 Å². The summed E-state index contributed by atoms with van der Waals surface area (Å²) in [6.07, 6.45) is 1.38. The first-order chi connectivity index (χ1) is 12.1. The molecule has 1 amide bonds. The van der Waals surface area contributed by atoms with Gasteiger partial charge in [0.05, 0.1) is 23.3 Å². The minimum Gasteiger partial charge on any atom is -0.465 e. The number of sulfone groups is 1. The fraction of sp³-hybridized carbons (Fsp3) is 0.556. The summed E-state index contributed by atoms with van der Waals surface area (Å²) in [5.41, 5.74) is 0.970. The minimum atomic E-state index is -3.88. The number of aryl methyl sites for hydroxylation is 1. The number of rotatable bonds is 6. The van der Waals surface area contributed by atoms with Gasteiger partial charge in [-0.25, -0.2) is 13.2 Å². The molecular formula is C18H25NO6S. The summed E-state index contributed by atoms with van der Waals surface area (Å²) in [6.45, 7) is 5.38. The lowest BCUT2D eigenvalue weighted by atomic mass is 10.0. The van der Waals surface area contributed by atoms with Crippen molar-refractivity contribution in [3.63, 3.8) is 0 Å². The van der Waals surface area contributed by atoms with Crippen LogP contribution in [0.3, 0.4) is 0 Å². The van der Waals surface area contributed by atoms with E-state index in [1.165, 1.54) is 38.0 Å². The van der Waals surface area contributed by atoms with Gasteiger partial charge < -0.3 is 14.4 Å². The second kappa shape index (κ2) is 7.36. The predicted octanol–water partition coefficient (Wildman–Crippen LogP) is 2.11. The number of nitrogens with zero attached hydrogens (tertiary/aromatic N) is 1. The van der Waals surface area contributed by atoms with Crippen molar-refractivity contribution in [3.05, 3.63) is 23.3 Å². The number of hydrogen-bond acceptors (Lipinski definition) is 6. The van der Waals surface area contributed by atoms with E-state index in [4.69, 9.17) is 9.47 Å². The zero-order valence-electron chi connectivity index (χ0n) is 15.8. The van der Waals surface area contributed by atoms with E-state index in [9.17, 15) is 18.0 Å². The zero-order chi connectivity index (χ0) is 19.7. The summed E-state index contributed by atoms with van der Waals surface area (Å²) >= 11 is 0. The largest absolute Gasteiger partial charge is 0.465 e. The summed E-state index contributed by atoms with van der Waals surface area (Å²) in [5, 5.41) is 0. The number of carbonyl (C=O) groups excluding carboxylic acids is 2. The molecule has 0 fully saturated rings. The molecule has 1 aromatic carbocycles. The minimum absolute atomic E-state index is 0.0685. The van der Waals surface area contributed by atoms with Crippen LogP contribution in [0.2, 0.25) is 0 Å². The number of amides is 1. The number of unbranched alkanes of at least 4 members (excludes halogenated alkanes) is 1. The van der Waals surface area contributed by atoms with E-state index in [-0.39, 0.29) is 16.1 Å². The van der Waals surface area contributed by atoms with E-state index >= 15 is 0 Å². The van der Waals surface area contributed by atoms with Gasteiger partial charge >= 0.3 is 5.97 Å². The highest BCUT2D eigenvalue weighted by Gasteiger charge is 2.51. The molecule has 1 aliphatic rings. The molecule has 0 N–H and O–H groups in total. The SMILES string of the molecule is COCCCCN1C(=O)C(C)(C)S(=O)(=O)c2cc(C)c(C(=O)OC)cc21. The normalized spacial score (nSPS) is 17.7. The Kier molecular flexibility index (Phi) is 5.77. The van der Waals surface area contributed by atoms with E-state index in [1.54, 1.807) is 14.0 Å². The van der Waals surface area contributed by atoms with Gasteiger partial charge in [0.1, 0.15) is 4.75 Å². The van der Waals surface area contributed by atoms with Crippen LogP contribution >= 0.6 is 0 Å². The Labute approximate surface area is 154 Å². The van der Waals surface area contributed by atoms with Crippen LogP contribution in [-0.2, 0) is 24.1 Å². The standard InChI is InChI=1S/C18H25NO6S/c1-12-10-15-14(11-13(12)16(20)25-5)19(8-6-7-9-24-4)17(21)18(2,3)26(15,22)23/h10-11H,6-9H2,1-5H3. The Balaban J connectivity index is 2.61. The lowest BCUT2D eigenvalue weighted by Gasteiger charge is -2.38. The highest BCUT2D eigenvalue weighted by Crippen LogP contribution is 2.41. The van der Waals surface area contributed by atoms with Gasteiger partial charge in [0.15, 0.2) is 9.84 Å². The highest BCUT2D eigenvalue weighted by molar-refractivity contribution is 7.94. The van der Waals surface area contributed by atoms with Crippen LogP contribution < -0.4 is 4.90 Å². The number of esters is 1. The predicted molar refractivity (Wildman–Crippen MR) is 97.2 cm³/mol. The van der Waals surface area contributed by atoms with Crippen LogP contribution in [-0.4, -0.2) is 52.4 Å². The molecule has 8 heteroatoms. The van der Waals surface area contributed by atoms with Gasteiger partial charge in [0.25, 0.3) is 0 Å². The van der Waals surface area contributed by atoms with Crippen molar-refractivity contribution in [1.82, 2.24) is 0 Å². The molecule has 0 spiro atoms. The zero-order valence-corrected chi connectivity index (χ0v) is 16.6. The van der Waals surface area contributed by atoms with Crippen LogP contribution in [0, 0.1) is 6.92 Å². The van der Waals surface area contributed by atoms with Gasteiger partial charge in [-0.1, -0.05) is 0 Å². The first-order valence-electron chi connectivity index (χ1n) is 8.38. The lowest BCUT2D eigenvalue weighted by molar-refractivity contribution is -0.120. The molecule has 0 aromatic heterocycles. The Morgan fingerprint density at radius 2 is 1.85 bits per heavy atom. The molecule has 144 valence electrons. The average molecular weight is 383 g/mol. The Hall–Kier alpha value is -1.93. The number of hydrogen-bond donors (Lipinski definition) is 0. The highest BCUT2D eigenvalue weighted by atomic mass is 32.2. The molecule has 26 heavy (non-hydrogen) atoms. The number of ether oxygens (including phenoxy) is 2. The molecule has 1 aliphatic heterocycles. The third-order valence-corrected chi connectivity index (χ3v) is 7.13. The van der Waals surface area contributed by atoms with Gasteiger partial charge in [-0.2, -0.15) is 0 Å². The summed E-state index contributed by atoms with van der Waals surface area (Å²) in [5.74, 6) is -1.07. The fourth-order valence-electron chi connectivity index (χ4n) is 2.99. The van der Waals surface area contributed by atoms with Gasteiger partial charge in [-0.05, 0) is 51.3 Å². The second-order valence-electron chi connectivity index (χ2n) is 6.80. The van der Waals surface area contributed by atoms with Crippen molar-refractivity contribution >= 4 is 27.4 Å². The summed E-state index contributed by atoms with van der Waals surface area (Å²) in [7, 11) is -1.02. The molecule has 2 rings (SSSR count). The van der Waals surface area contributed by atoms with Crippen molar-refractivity contribution in [1.29, 1.82) is 0 Å². The first-order valence-corrected chi connectivity index (χ1v) is 9.86. The number of benzene rings is 1. The molecule has 1 heterocycles. The maximum Gasteiger partial charge on any atom is 0.338 e. The third-order valence-electron chi connectivity index (χ3n) is 4.70. The van der Waals surface area contributed by atoms with E-state index < -0.39 is 26.5 Å². The molecule has 0 unspecified atom stereocenters. The first kappa shape index (κ1) is 20.4. The molecule has 0 atom stereocenters. The molecule has 0 saturated heterocycles. The molecule has 7 nitrogen and oxygen atoms in total. The summed E-state index contributed by atoms with van der Waals surface area (Å²) < 4.78 is 34.2. The topological polar surface area (TPSA) is 90.0 Å². The number of anilines is 1. The molecule has 0 radical (unpaired) electrons. The van der Waals surface area contributed by atoms with Crippen molar-refractivity contribution in [2.75, 3.05) is 32.3 Å². The van der Waals surface area contributed by atoms with Crippen molar-refractivity contribution in [3.8, 4) is 0 Å². The van der Waals surface area contributed by atoms with Crippen molar-refractivity contribution in [2.45, 2.75) is 43.3 Å². The van der Waals surface area contributed by atoms with Gasteiger partial charge in [-0.15, -0.1) is 0 Å².